The third-order valence-electron chi connectivity index (χ3n) is 4.97. The number of likely N-dealkylation sites (N-methyl/N-ethyl adjacent to an activating group) is 1. The summed E-state index contributed by atoms with van der Waals surface area (Å²) in [6.07, 6.45) is 1.94. The first kappa shape index (κ1) is 22.0. The fraction of sp³-hybridized carbons (Fsp3) is 0.381. The number of furan rings is 1. The number of piperidine rings is 1. The molecule has 1 aliphatic heterocycles. The monoisotopic (exact) mass is 476 g/mol. The number of nitrogens with one attached hydrogen (secondary N) is 3. The zero-order valence-corrected chi connectivity index (χ0v) is 18.3. The Labute approximate surface area is 183 Å². The summed E-state index contributed by atoms with van der Waals surface area (Å²) in [5, 5.41) is 8.45. The number of anilines is 1. The molecule has 1 aromatic heterocycles. The third kappa shape index (κ3) is 6.43. The van der Waals surface area contributed by atoms with Gasteiger partial charge in [-0.2, -0.15) is 0 Å². The van der Waals surface area contributed by atoms with Gasteiger partial charge in [-0.3, -0.25) is 19.3 Å². The largest absolute Gasteiger partial charge is 0.444 e. The van der Waals surface area contributed by atoms with Crippen molar-refractivity contribution in [1.29, 1.82) is 0 Å². The lowest BCUT2D eigenvalue weighted by atomic mass is 10.0. The summed E-state index contributed by atoms with van der Waals surface area (Å²) in [5.74, 6) is -0.147. The van der Waals surface area contributed by atoms with E-state index in [0.29, 0.717) is 16.9 Å². The highest BCUT2D eigenvalue weighted by molar-refractivity contribution is 9.10. The minimum atomic E-state index is -0.339. The average molecular weight is 477 g/mol. The summed E-state index contributed by atoms with van der Waals surface area (Å²) in [7, 11) is 1.63. The molecule has 1 aliphatic rings. The maximum absolute atomic E-state index is 12.4. The highest BCUT2D eigenvalue weighted by Gasteiger charge is 2.21. The van der Waals surface area contributed by atoms with Gasteiger partial charge in [0.1, 0.15) is 0 Å². The van der Waals surface area contributed by atoms with Crippen LogP contribution in [0.4, 0.5) is 5.69 Å². The van der Waals surface area contributed by atoms with Gasteiger partial charge in [-0.05, 0) is 58.6 Å². The van der Waals surface area contributed by atoms with Gasteiger partial charge < -0.3 is 20.4 Å². The summed E-state index contributed by atoms with van der Waals surface area (Å²) in [6, 6.07) is 10.5. The zero-order valence-electron chi connectivity index (χ0n) is 16.7. The first-order valence-corrected chi connectivity index (χ1v) is 10.6. The second kappa shape index (κ2) is 10.4. The Morgan fingerprint density at radius 3 is 2.37 bits per heavy atom. The Morgan fingerprint density at radius 1 is 1.07 bits per heavy atom. The van der Waals surface area contributed by atoms with Crippen molar-refractivity contribution >= 4 is 39.3 Å². The summed E-state index contributed by atoms with van der Waals surface area (Å²) in [6.45, 7) is 1.98. The van der Waals surface area contributed by atoms with Crippen LogP contribution in [-0.2, 0) is 16.0 Å². The van der Waals surface area contributed by atoms with Crippen molar-refractivity contribution in [3.05, 3.63) is 52.4 Å². The minimum absolute atomic E-state index is 0.00847. The number of halogens is 1. The molecule has 0 unspecified atom stereocenters. The van der Waals surface area contributed by atoms with Crippen LogP contribution in [0.5, 0.6) is 0 Å². The minimum Gasteiger partial charge on any atom is -0.444 e. The van der Waals surface area contributed by atoms with E-state index >= 15 is 0 Å². The molecule has 0 saturated carbocycles. The first-order valence-electron chi connectivity index (χ1n) is 9.81. The summed E-state index contributed by atoms with van der Waals surface area (Å²) in [4.78, 5) is 38.0. The maximum atomic E-state index is 12.4. The van der Waals surface area contributed by atoms with E-state index in [2.05, 4.69) is 36.8 Å². The normalized spacial score (nSPS) is 14.9. The molecule has 8 nitrogen and oxygen atoms in total. The van der Waals surface area contributed by atoms with E-state index in [9.17, 15) is 14.4 Å². The number of hydrogen-bond donors (Lipinski definition) is 3. The second-order valence-electron chi connectivity index (χ2n) is 7.22. The van der Waals surface area contributed by atoms with Crippen LogP contribution in [0.2, 0.25) is 0 Å². The molecular formula is C21H25BrN4O4. The number of amides is 3. The molecule has 1 saturated heterocycles. The molecule has 160 valence electrons. The highest BCUT2D eigenvalue weighted by Crippen LogP contribution is 2.17. The molecule has 1 fully saturated rings. The molecular weight excluding hydrogens is 452 g/mol. The lowest BCUT2D eigenvalue weighted by Gasteiger charge is -2.31. The first-order chi connectivity index (χ1) is 14.4. The molecule has 3 amide bonds. The lowest BCUT2D eigenvalue weighted by Crippen LogP contribution is -2.47. The van der Waals surface area contributed by atoms with Gasteiger partial charge in [0, 0.05) is 31.9 Å². The quantitative estimate of drug-likeness (QED) is 0.567. The van der Waals surface area contributed by atoms with Gasteiger partial charge in [-0.25, -0.2) is 0 Å². The van der Waals surface area contributed by atoms with Gasteiger partial charge in [0.05, 0.1) is 13.0 Å². The third-order valence-corrected chi connectivity index (χ3v) is 5.40. The number of carbonyl (C=O) groups excluding carboxylic acids is 3. The molecule has 1 aromatic carbocycles. The van der Waals surface area contributed by atoms with Crippen LogP contribution < -0.4 is 16.0 Å². The van der Waals surface area contributed by atoms with Gasteiger partial charge in [0.15, 0.2) is 10.4 Å². The number of nitrogens with zero attached hydrogens (tertiary/aromatic N) is 1. The van der Waals surface area contributed by atoms with E-state index in [1.165, 1.54) is 0 Å². The van der Waals surface area contributed by atoms with Gasteiger partial charge >= 0.3 is 0 Å². The van der Waals surface area contributed by atoms with Gasteiger partial charge in [0.2, 0.25) is 11.8 Å². The summed E-state index contributed by atoms with van der Waals surface area (Å²) in [5.41, 5.74) is 1.49. The summed E-state index contributed by atoms with van der Waals surface area (Å²) >= 11 is 3.17. The Hall–Kier alpha value is -2.65. The fourth-order valence-electron chi connectivity index (χ4n) is 3.32. The van der Waals surface area contributed by atoms with Crippen LogP contribution in [0.25, 0.3) is 0 Å². The molecule has 3 rings (SSSR count). The van der Waals surface area contributed by atoms with Crippen molar-refractivity contribution in [2.45, 2.75) is 25.3 Å². The molecule has 0 radical (unpaired) electrons. The Kier molecular flexibility index (Phi) is 7.64. The molecule has 2 aromatic rings. The van der Waals surface area contributed by atoms with Crippen molar-refractivity contribution in [1.82, 2.24) is 15.5 Å². The van der Waals surface area contributed by atoms with E-state index in [1.807, 2.05) is 12.1 Å². The molecule has 30 heavy (non-hydrogen) atoms. The average Bonchev–Trinajstić information content (AvgIpc) is 3.17. The molecule has 9 heteroatoms. The second-order valence-corrected chi connectivity index (χ2v) is 8.00. The molecule has 0 aliphatic carbocycles. The maximum Gasteiger partial charge on any atom is 0.291 e. The van der Waals surface area contributed by atoms with Crippen molar-refractivity contribution in [2.24, 2.45) is 0 Å². The van der Waals surface area contributed by atoms with Crippen LogP contribution in [0.1, 0.15) is 29.0 Å². The number of hydrogen-bond acceptors (Lipinski definition) is 5. The van der Waals surface area contributed by atoms with Crippen LogP contribution >= 0.6 is 15.9 Å². The van der Waals surface area contributed by atoms with E-state index < -0.39 is 0 Å². The van der Waals surface area contributed by atoms with Gasteiger partial charge in [-0.15, -0.1) is 0 Å². The molecule has 0 spiro atoms. The predicted molar refractivity (Wildman–Crippen MR) is 116 cm³/mol. The number of likely N-dealkylation sites (tertiary alicyclic amines) is 1. The topological polar surface area (TPSA) is 104 Å². The Balaban J connectivity index is 1.42. The highest BCUT2D eigenvalue weighted by atomic mass is 79.9. The molecule has 0 atom stereocenters. The van der Waals surface area contributed by atoms with E-state index in [4.69, 9.17) is 4.42 Å². The number of rotatable bonds is 7. The van der Waals surface area contributed by atoms with Crippen LogP contribution in [0.15, 0.2) is 45.5 Å². The number of carbonyl (C=O) groups is 3. The van der Waals surface area contributed by atoms with Gasteiger partial charge in [-0.1, -0.05) is 12.1 Å². The van der Waals surface area contributed by atoms with E-state index in [-0.39, 0.29) is 35.9 Å². The molecule has 0 bridgehead atoms. The van der Waals surface area contributed by atoms with E-state index in [0.717, 1.165) is 31.5 Å². The lowest BCUT2D eigenvalue weighted by molar-refractivity contribution is -0.123. The standard InChI is InChI=1S/C21H25BrN4O4/c1-23-20(28)13-26-10-8-16(9-11-26)24-19(27)12-14-2-4-15(5-3-14)25-21(29)17-6-7-18(22)30-17/h2-7,16H,8-13H2,1H3,(H,23,28)(H,24,27)(H,25,29). The van der Waals surface area contributed by atoms with Crippen LogP contribution in [0, 0.1) is 0 Å². The van der Waals surface area contributed by atoms with Crippen molar-refractivity contribution in [3.8, 4) is 0 Å². The Bertz CT molecular complexity index is 889. The zero-order chi connectivity index (χ0) is 21.5. The SMILES string of the molecule is CNC(=O)CN1CCC(NC(=O)Cc2ccc(NC(=O)c3ccc(Br)o3)cc2)CC1. The molecule has 3 N–H and O–H groups in total. The van der Waals surface area contributed by atoms with Gasteiger partial charge in [0.25, 0.3) is 5.91 Å². The van der Waals surface area contributed by atoms with Crippen LogP contribution in [-0.4, -0.2) is 55.3 Å². The summed E-state index contributed by atoms with van der Waals surface area (Å²) < 4.78 is 5.72. The Morgan fingerprint density at radius 2 is 1.77 bits per heavy atom. The van der Waals surface area contributed by atoms with Crippen molar-refractivity contribution in [3.63, 3.8) is 0 Å². The number of benzene rings is 1. The molecule has 2 heterocycles. The smallest absolute Gasteiger partial charge is 0.291 e. The van der Waals surface area contributed by atoms with Crippen molar-refractivity contribution < 1.29 is 18.8 Å². The fourth-order valence-corrected chi connectivity index (χ4v) is 3.62. The van der Waals surface area contributed by atoms with Crippen LogP contribution in [0.3, 0.4) is 0 Å². The van der Waals surface area contributed by atoms with Crippen molar-refractivity contribution in [2.75, 3.05) is 32.0 Å². The predicted octanol–water partition coefficient (Wildman–Crippen LogP) is 2.16. The van der Waals surface area contributed by atoms with E-state index in [1.54, 1.807) is 31.3 Å².